The number of pyridine rings is 1. The summed E-state index contributed by atoms with van der Waals surface area (Å²) < 4.78 is 0. The fourth-order valence-electron chi connectivity index (χ4n) is 1.50. The van der Waals surface area contributed by atoms with Crippen LogP contribution in [0.2, 0.25) is 0 Å². The molecule has 5 N–H and O–H groups in total. The van der Waals surface area contributed by atoms with Crippen molar-refractivity contribution in [3.63, 3.8) is 0 Å². The van der Waals surface area contributed by atoms with Crippen LogP contribution in [0.4, 0.5) is 5.13 Å². The molecule has 0 aliphatic heterocycles. The summed E-state index contributed by atoms with van der Waals surface area (Å²) in [7, 11) is 0. The van der Waals surface area contributed by atoms with Crippen LogP contribution in [0.1, 0.15) is 5.69 Å². The first-order chi connectivity index (χ1) is 9.72. The molecule has 2 aromatic heterocycles. The molecule has 7 heteroatoms. The van der Waals surface area contributed by atoms with Crippen LogP contribution < -0.4 is 16.8 Å². The molecule has 0 bridgehead atoms. The molecular formula is C13H16N6S. The highest BCUT2D eigenvalue weighted by Gasteiger charge is 2.07. The number of thiazole rings is 1. The topological polar surface area (TPSA) is 102 Å². The van der Waals surface area contributed by atoms with E-state index in [0.29, 0.717) is 24.2 Å². The third-order valence-corrected chi connectivity index (χ3v) is 3.17. The van der Waals surface area contributed by atoms with Crippen LogP contribution in [0.25, 0.3) is 11.4 Å². The molecule has 0 aliphatic carbocycles. The van der Waals surface area contributed by atoms with Gasteiger partial charge in [-0.1, -0.05) is 12.1 Å². The molecule has 0 saturated carbocycles. The van der Waals surface area contributed by atoms with Crippen molar-refractivity contribution in [1.29, 1.82) is 0 Å². The van der Waals surface area contributed by atoms with Crippen molar-refractivity contribution in [3.05, 3.63) is 41.9 Å². The second kappa shape index (κ2) is 6.78. The molecule has 6 nitrogen and oxygen atoms in total. The summed E-state index contributed by atoms with van der Waals surface area (Å²) in [4.78, 5) is 12.9. The van der Waals surface area contributed by atoms with Crippen molar-refractivity contribution in [2.75, 3.05) is 11.9 Å². The van der Waals surface area contributed by atoms with Gasteiger partial charge in [0.1, 0.15) is 5.69 Å². The minimum absolute atomic E-state index is 0.314. The average Bonchev–Trinajstić information content (AvgIpc) is 2.93. The summed E-state index contributed by atoms with van der Waals surface area (Å²) in [5, 5.41) is 5.51. The number of nitrogens with two attached hydrogens (primary N) is 2. The van der Waals surface area contributed by atoms with E-state index in [1.165, 1.54) is 11.3 Å². The highest BCUT2D eigenvalue weighted by atomic mass is 32.1. The molecule has 2 rings (SSSR count). The highest BCUT2D eigenvalue weighted by molar-refractivity contribution is 7.14. The van der Waals surface area contributed by atoms with Crippen LogP contribution in [0, 0.1) is 0 Å². The zero-order valence-corrected chi connectivity index (χ0v) is 11.7. The maximum Gasteiger partial charge on any atom is 0.195 e. The van der Waals surface area contributed by atoms with E-state index < -0.39 is 0 Å². The van der Waals surface area contributed by atoms with E-state index in [1.54, 1.807) is 6.08 Å². The Balaban J connectivity index is 2.14. The number of hydrogen-bond acceptors (Lipinski definition) is 5. The van der Waals surface area contributed by atoms with Crippen LogP contribution >= 0.6 is 11.3 Å². The van der Waals surface area contributed by atoms with Gasteiger partial charge in [-0.2, -0.15) is 0 Å². The van der Waals surface area contributed by atoms with Gasteiger partial charge < -0.3 is 16.8 Å². The number of nitrogens with zero attached hydrogens (tertiary/aromatic N) is 3. The van der Waals surface area contributed by atoms with Gasteiger partial charge in [0.05, 0.1) is 17.9 Å². The molecule has 2 heterocycles. The molecule has 0 atom stereocenters. The SMILES string of the molecule is C=CCN=C(N)Nc1nc(-c2cccc(CN)n2)cs1. The van der Waals surface area contributed by atoms with E-state index in [2.05, 4.69) is 26.9 Å². The van der Waals surface area contributed by atoms with Gasteiger partial charge in [-0.15, -0.1) is 17.9 Å². The second-order valence-corrected chi connectivity index (χ2v) is 4.75. The van der Waals surface area contributed by atoms with Gasteiger partial charge in [0, 0.05) is 11.9 Å². The lowest BCUT2D eigenvalue weighted by Gasteiger charge is -2.01. The molecule has 20 heavy (non-hydrogen) atoms. The monoisotopic (exact) mass is 288 g/mol. The summed E-state index contributed by atoms with van der Waals surface area (Å²) in [6.07, 6.45) is 1.67. The second-order valence-electron chi connectivity index (χ2n) is 3.90. The molecule has 0 aromatic carbocycles. The zero-order chi connectivity index (χ0) is 14.4. The van der Waals surface area contributed by atoms with Gasteiger partial charge in [0.25, 0.3) is 0 Å². The Morgan fingerprint density at radius 1 is 1.40 bits per heavy atom. The molecule has 0 unspecified atom stereocenters. The van der Waals surface area contributed by atoms with Crippen molar-refractivity contribution in [3.8, 4) is 11.4 Å². The maximum atomic E-state index is 5.71. The van der Waals surface area contributed by atoms with Gasteiger partial charge in [0.15, 0.2) is 11.1 Å². The lowest BCUT2D eigenvalue weighted by atomic mass is 10.2. The van der Waals surface area contributed by atoms with E-state index in [-0.39, 0.29) is 0 Å². The molecule has 2 aromatic rings. The maximum absolute atomic E-state index is 5.71. The van der Waals surface area contributed by atoms with Crippen LogP contribution in [-0.2, 0) is 6.54 Å². The van der Waals surface area contributed by atoms with Gasteiger partial charge in [-0.25, -0.2) is 15.0 Å². The third kappa shape index (κ3) is 3.62. The van der Waals surface area contributed by atoms with Crippen LogP contribution in [0.3, 0.4) is 0 Å². The zero-order valence-electron chi connectivity index (χ0n) is 10.9. The van der Waals surface area contributed by atoms with Crippen molar-refractivity contribution in [2.45, 2.75) is 6.54 Å². The summed E-state index contributed by atoms with van der Waals surface area (Å²) >= 11 is 1.44. The Bertz CT molecular complexity index is 619. The van der Waals surface area contributed by atoms with E-state index in [9.17, 15) is 0 Å². The van der Waals surface area contributed by atoms with Gasteiger partial charge in [0.2, 0.25) is 0 Å². The van der Waals surface area contributed by atoms with Crippen molar-refractivity contribution in [2.24, 2.45) is 16.5 Å². The first-order valence-electron chi connectivity index (χ1n) is 6.02. The van der Waals surface area contributed by atoms with E-state index in [0.717, 1.165) is 17.1 Å². The Morgan fingerprint density at radius 2 is 2.25 bits per heavy atom. The number of nitrogens with one attached hydrogen (secondary N) is 1. The Hall–Kier alpha value is -2.25. The number of anilines is 1. The third-order valence-electron chi connectivity index (χ3n) is 2.41. The van der Waals surface area contributed by atoms with Crippen molar-refractivity contribution < 1.29 is 0 Å². The van der Waals surface area contributed by atoms with Gasteiger partial charge in [-0.3, -0.25) is 0 Å². The predicted molar refractivity (Wildman–Crippen MR) is 83.5 cm³/mol. The van der Waals surface area contributed by atoms with E-state index in [1.807, 2.05) is 23.6 Å². The molecule has 104 valence electrons. The Labute approximate surface area is 121 Å². The van der Waals surface area contributed by atoms with Crippen LogP contribution in [-0.4, -0.2) is 22.5 Å². The number of aromatic nitrogens is 2. The van der Waals surface area contributed by atoms with Gasteiger partial charge in [-0.05, 0) is 12.1 Å². The summed E-state index contributed by atoms with van der Waals surface area (Å²) in [5.41, 5.74) is 13.7. The Kier molecular flexibility index (Phi) is 4.80. The van der Waals surface area contributed by atoms with Crippen molar-refractivity contribution in [1.82, 2.24) is 9.97 Å². The predicted octanol–water partition coefficient (Wildman–Crippen LogP) is 1.58. The largest absolute Gasteiger partial charge is 0.370 e. The standard InChI is InChI=1S/C13H16N6S/c1-2-6-16-12(15)19-13-18-11(8-20-13)10-5-3-4-9(7-14)17-10/h2-5,8H,1,6-7,14H2,(H3,15,16,18,19). The lowest BCUT2D eigenvalue weighted by Crippen LogP contribution is -2.22. The number of rotatable bonds is 5. The smallest absolute Gasteiger partial charge is 0.195 e. The number of hydrogen-bond donors (Lipinski definition) is 3. The van der Waals surface area contributed by atoms with Crippen LogP contribution in [0.5, 0.6) is 0 Å². The van der Waals surface area contributed by atoms with Crippen LogP contribution in [0.15, 0.2) is 41.2 Å². The number of aliphatic imine (C=N–C) groups is 1. The molecule has 0 aliphatic rings. The lowest BCUT2D eigenvalue weighted by molar-refractivity contribution is 0.992. The van der Waals surface area contributed by atoms with E-state index in [4.69, 9.17) is 11.5 Å². The minimum atomic E-state index is 0.314. The summed E-state index contributed by atoms with van der Waals surface area (Å²) in [5.74, 6) is 0.314. The molecule has 0 amide bonds. The molecule has 0 spiro atoms. The molecule has 0 saturated heterocycles. The fraction of sp³-hybridized carbons (Fsp3) is 0.154. The van der Waals surface area contributed by atoms with E-state index >= 15 is 0 Å². The average molecular weight is 288 g/mol. The van der Waals surface area contributed by atoms with Crippen molar-refractivity contribution >= 4 is 22.4 Å². The molecule has 0 radical (unpaired) electrons. The fourth-order valence-corrected chi connectivity index (χ4v) is 2.21. The quantitative estimate of drug-likeness (QED) is 0.440. The molecular weight excluding hydrogens is 272 g/mol. The Morgan fingerprint density at radius 3 is 3.00 bits per heavy atom. The normalized spacial score (nSPS) is 11.3. The first kappa shape index (κ1) is 14.2. The number of guanidine groups is 1. The molecule has 0 fully saturated rings. The summed E-state index contributed by atoms with van der Waals surface area (Å²) in [6.45, 7) is 4.45. The highest BCUT2D eigenvalue weighted by Crippen LogP contribution is 2.23. The van der Waals surface area contributed by atoms with Gasteiger partial charge >= 0.3 is 0 Å². The summed E-state index contributed by atoms with van der Waals surface area (Å²) in [6, 6.07) is 5.69. The first-order valence-corrected chi connectivity index (χ1v) is 6.90. The minimum Gasteiger partial charge on any atom is -0.370 e.